The van der Waals surface area contributed by atoms with E-state index < -0.39 is 0 Å². The van der Waals surface area contributed by atoms with Crippen LogP contribution in [0.3, 0.4) is 0 Å². The molecule has 0 saturated carbocycles. The molecule has 0 fully saturated rings. The molecule has 0 saturated heterocycles. The number of aryl methyl sites for hydroxylation is 2. The van der Waals surface area contributed by atoms with Gasteiger partial charge in [0.1, 0.15) is 18.1 Å². The molecule has 0 unspecified atom stereocenters. The Kier molecular flexibility index (Phi) is 7.63. The number of hydrogen-bond acceptors (Lipinski definition) is 5. The van der Waals surface area contributed by atoms with E-state index in [1.165, 1.54) is 0 Å². The Morgan fingerprint density at radius 2 is 1.77 bits per heavy atom. The summed E-state index contributed by atoms with van der Waals surface area (Å²) in [6.07, 6.45) is 0.317. The van der Waals surface area contributed by atoms with Gasteiger partial charge in [-0.3, -0.25) is 4.79 Å². The molecular weight excluding hydrogens is 380 g/mol. The van der Waals surface area contributed by atoms with Crippen LogP contribution in [0.15, 0.2) is 53.1 Å². The maximum absolute atomic E-state index is 12.4. The molecule has 158 valence electrons. The Bertz CT molecular complexity index is 944. The molecule has 1 amide bonds. The SMILES string of the molecule is CCOCc1ccccc1CNC(=O)Cc1ccc(OCc2c(C)noc2C)cc1. The highest BCUT2D eigenvalue weighted by molar-refractivity contribution is 5.78. The van der Waals surface area contributed by atoms with Crippen LogP contribution in [0, 0.1) is 13.8 Å². The molecule has 1 N–H and O–H groups in total. The van der Waals surface area contributed by atoms with Gasteiger partial charge in [-0.1, -0.05) is 41.6 Å². The molecule has 0 spiro atoms. The molecule has 2 aromatic carbocycles. The lowest BCUT2D eigenvalue weighted by Crippen LogP contribution is -2.25. The number of benzene rings is 2. The molecule has 0 radical (unpaired) electrons. The van der Waals surface area contributed by atoms with Crippen molar-refractivity contribution in [3.05, 3.63) is 82.2 Å². The molecule has 6 nitrogen and oxygen atoms in total. The molecule has 3 rings (SSSR count). The zero-order valence-electron chi connectivity index (χ0n) is 17.7. The van der Waals surface area contributed by atoms with Gasteiger partial charge in [-0.25, -0.2) is 0 Å². The fraction of sp³-hybridized carbons (Fsp3) is 0.333. The van der Waals surface area contributed by atoms with E-state index in [0.29, 0.717) is 32.8 Å². The number of aromatic nitrogens is 1. The minimum Gasteiger partial charge on any atom is -0.489 e. The summed E-state index contributed by atoms with van der Waals surface area (Å²) in [5, 5.41) is 6.92. The van der Waals surface area contributed by atoms with Gasteiger partial charge in [0.05, 0.1) is 24.3 Å². The van der Waals surface area contributed by atoms with Gasteiger partial charge in [0, 0.05) is 13.2 Å². The number of rotatable bonds is 10. The summed E-state index contributed by atoms with van der Waals surface area (Å²) in [4.78, 5) is 12.4. The first-order valence-corrected chi connectivity index (χ1v) is 10.1. The number of hydrogen-bond donors (Lipinski definition) is 1. The number of amides is 1. The van der Waals surface area contributed by atoms with Crippen molar-refractivity contribution < 1.29 is 18.8 Å². The number of nitrogens with one attached hydrogen (secondary N) is 1. The monoisotopic (exact) mass is 408 g/mol. The van der Waals surface area contributed by atoms with Crippen LogP contribution in [0.2, 0.25) is 0 Å². The Morgan fingerprint density at radius 1 is 1.03 bits per heavy atom. The van der Waals surface area contributed by atoms with Crippen LogP contribution in [0.25, 0.3) is 0 Å². The third-order valence-corrected chi connectivity index (χ3v) is 4.91. The van der Waals surface area contributed by atoms with Gasteiger partial charge in [-0.15, -0.1) is 0 Å². The first-order chi connectivity index (χ1) is 14.6. The first-order valence-electron chi connectivity index (χ1n) is 10.1. The lowest BCUT2D eigenvalue weighted by atomic mass is 10.1. The third-order valence-electron chi connectivity index (χ3n) is 4.91. The van der Waals surface area contributed by atoms with Crippen LogP contribution < -0.4 is 10.1 Å². The molecule has 30 heavy (non-hydrogen) atoms. The predicted molar refractivity (Wildman–Crippen MR) is 114 cm³/mol. The van der Waals surface area contributed by atoms with Crippen molar-refractivity contribution in [2.24, 2.45) is 0 Å². The van der Waals surface area contributed by atoms with Crippen LogP contribution in [-0.4, -0.2) is 17.7 Å². The van der Waals surface area contributed by atoms with Crippen molar-refractivity contribution in [1.29, 1.82) is 0 Å². The lowest BCUT2D eigenvalue weighted by molar-refractivity contribution is -0.120. The summed E-state index contributed by atoms with van der Waals surface area (Å²) in [6, 6.07) is 15.6. The number of nitrogens with zero attached hydrogens (tertiary/aromatic N) is 1. The molecule has 0 aliphatic heterocycles. The van der Waals surface area contributed by atoms with Gasteiger partial charge in [0.15, 0.2) is 0 Å². The highest BCUT2D eigenvalue weighted by Crippen LogP contribution is 2.18. The van der Waals surface area contributed by atoms with Crippen molar-refractivity contribution >= 4 is 5.91 Å². The van der Waals surface area contributed by atoms with E-state index in [2.05, 4.69) is 10.5 Å². The maximum Gasteiger partial charge on any atom is 0.224 e. The molecule has 0 aliphatic carbocycles. The second-order valence-electron chi connectivity index (χ2n) is 7.09. The van der Waals surface area contributed by atoms with Crippen molar-refractivity contribution in [1.82, 2.24) is 10.5 Å². The molecule has 0 atom stereocenters. The fourth-order valence-corrected chi connectivity index (χ4v) is 3.09. The van der Waals surface area contributed by atoms with Gasteiger partial charge in [0.2, 0.25) is 5.91 Å². The second-order valence-corrected chi connectivity index (χ2v) is 7.09. The number of ether oxygens (including phenoxy) is 2. The van der Waals surface area contributed by atoms with E-state index in [-0.39, 0.29) is 5.91 Å². The van der Waals surface area contributed by atoms with Crippen molar-refractivity contribution in [2.75, 3.05) is 6.61 Å². The maximum atomic E-state index is 12.4. The molecule has 1 aromatic heterocycles. The highest BCUT2D eigenvalue weighted by Gasteiger charge is 2.10. The Labute approximate surface area is 177 Å². The second kappa shape index (κ2) is 10.6. The van der Waals surface area contributed by atoms with E-state index in [4.69, 9.17) is 14.0 Å². The largest absolute Gasteiger partial charge is 0.489 e. The summed E-state index contributed by atoms with van der Waals surface area (Å²) in [7, 11) is 0. The summed E-state index contributed by atoms with van der Waals surface area (Å²) >= 11 is 0. The Morgan fingerprint density at radius 3 is 2.43 bits per heavy atom. The smallest absolute Gasteiger partial charge is 0.224 e. The zero-order valence-corrected chi connectivity index (χ0v) is 17.7. The minimum atomic E-state index is -0.0226. The van der Waals surface area contributed by atoms with Gasteiger partial charge in [-0.05, 0) is 49.6 Å². The molecule has 1 heterocycles. The molecule has 0 aliphatic rings. The Balaban J connectivity index is 1.49. The number of carbonyl (C=O) groups is 1. The van der Waals surface area contributed by atoms with Crippen LogP contribution in [-0.2, 0) is 35.7 Å². The summed E-state index contributed by atoms with van der Waals surface area (Å²) < 4.78 is 16.5. The van der Waals surface area contributed by atoms with E-state index in [1.54, 1.807) is 0 Å². The van der Waals surface area contributed by atoms with Gasteiger partial charge in [-0.2, -0.15) is 0 Å². The van der Waals surface area contributed by atoms with E-state index in [9.17, 15) is 4.79 Å². The average molecular weight is 408 g/mol. The molecule has 0 bridgehead atoms. The lowest BCUT2D eigenvalue weighted by Gasteiger charge is -2.11. The standard InChI is InChI=1S/C24H28N2O4/c1-4-28-15-21-8-6-5-7-20(21)14-25-24(27)13-19-9-11-22(12-10-19)29-16-23-17(2)26-30-18(23)3/h5-12H,4,13-16H2,1-3H3,(H,25,27). The fourth-order valence-electron chi connectivity index (χ4n) is 3.09. The van der Waals surface area contributed by atoms with Crippen molar-refractivity contribution in [2.45, 2.75) is 47.0 Å². The number of carbonyl (C=O) groups excluding carboxylic acids is 1. The topological polar surface area (TPSA) is 73.6 Å². The quantitative estimate of drug-likeness (QED) is 0.542. The van der Waals surface area contributed by atoms with Crippen LogP contribution in [0.5, 0.6) is 5.75 Å². The van der Waals surface area contributed by atoms with Crippen molar-refractivity contribution in [3.63, 3.8) is 0 Å². The van der Waals surface area contributed by atoms with E-state index in [0.717, 1.165) is 39.5 Å². The van der Waals surface area contributed by atoms with E-state index in [1.807, 2.05) is 69.3 Å². The van der Waals surface area contributed by atoms with Gasteiger partial charge < -0.3 is 19.3 Å². The Hall–Kier alpha value is -3.12. The zero-order chi connectivity index (χ0) is 21.3. The highest BCUT2D eigenvalue weighted by atomic mass is 16.5. The summed E-state index contributed by atoms with van der Waals surface area (Å²) in [6.45, 7) is 7.85. The summed E-state index contributed by atoms with van der Waals surface area (Å²) in [5.41, 5.74) is 4.90. The molecular formula is C24H28N2O4. The predicted octanol–water partition coefficient (Wildman–Crippen LogP) is 4.27. The average Bonchev–Trinajstić information content (AvgIpc) is 3.08. The van der Waals surface area contributed by atoms with Gasteiger partial charge >= 0.3 is 0 Å². The van der Waals surface area contributed by atoms with Crippen LogP contribution in [0.4, 0.5) is 0 Å². The van der Waals surface area contributed by atoms with Crippen LogP contribution in [0.1, 0.15) is 40.6 Å². The normalized spacial score (nSPS) is 10.8. The molecule has 3 aromatic rings. The van der Waals surface area contributed by atoms with Gasteiger partial charge in [0.25, 0.3) is 0 Å². The van der Waals surface area contributed by atoms with Crippen LogP contribution >= 0.6 is 0 Å². The minimum absolute atomic E-state index is 0.0226. The first kappa shape index (κ1) is 21.6. The van der Waals surface area contributed by atoms with Crippen molar-refractivity contribution in [3.8, 4) is 5.75 Å². The van der Waals surface area contributed by atoms with E-state index >= 15 is 0 Å². The molecule has 6 heteroatoms. The summed E-state index contributed by atoms with van der Waals surface area (Å²) in [5.74, 6) is 1.48. The third kappa shape index (κ3) is 5.94.